The Morgan fingerprint density at radius 2 is 2.04 bits per heavy atom. The van der Waals surface area contributed by atoms with Gasteiger partial charge < -0.3 is 14.4 Å². The number of aromatic nitrogens is 2. The van der Waals surface area contributed by atoms with Crippen molar-refractivity contribution >= 4 is 5.91 Å². The molecule has 1 aliphatic heterocycles. The molecule has 1 aromatic heterocycles. The quantitative estimate of drug-likeness (QED) is 0.857. The van der Waals surface area contributed by atoms with E-state index in [0.29, 0.717) is 18.0 Å². The minimum atomic E-state index is -0.594. The lowest BCUT2D eigenvalue weighted by atomic mass is 10.0. The van der Waals surface area contributed by atoms with Crippen molar-refractivity contribution in [2.75, 3.05) is 20.8 Å². The number of nitrogens with zero attached hydrogens (tertiary/aromatic N) is 2. The number of amides is 1. The number of rotatable bonds is 5. The Morgan fingerprint density at radius 1 is 1.23 bits per heavy atom. The van der Waals surface area contributed by atoms with E-state index in [4.69, 9.17) is 9.47 Å². The Bertz CT molecular complexity index is 918. The maximum Gasteiger partial charge on any atom is 0.328 e. The van der Waals surface area contributed by atoms with Crippen molar-refractivity contribution in [2.45, 2.75) is 25.4 Å². The molecule has 1 atom stereocenters. The second kappa shape index (κ2) is 7.47. The van der Waals surface area contributed by atoms with Crippen LogP contribution in [0.4, 0.5) is 0 Å². The molecule has 2 aromatic rings. The molecule has 0 aliphatic carbocycles. The number of likely N-dealkylation sites (tertiary alicyclic amines) is 1. The molecule has 1 fully saturated rings. The number of hydrogen-bond donors (Lipinski definition) is 1. The van der Waals surface area contributed by atoms with E-state index in [2.05, 4.69) is 4.98 Å². The Balaban J connectivity index is 1.85. The number of H-pyrrole nitrogens is 1. The van der Waals surface area contributed by atoms with E-state index in [9.17, 15) is 14.4 Å². The minimum Gasteiger partial charge on any atom is -0.497 e. The van der Waals surface area contributed by atoms with E-state index in [1.807, 2.05) is 12.1 Å². The Morgan fingerprint density at radius 3 is 2.73 bits per heavy atom. The molecule has 1 aromatic carbocycles. The van der Waals surface area contributed by atoms with E-state index in [1.165, 1.54) is 16.8 Å². The lowest BCUT2D eigenvalue weighted by molar-refractivity contribution is -0.132. The molecule has 8 nitrogen and oxygen atoms in total. The van der Waals surface area contributed by atoms with Gasteiger partial charge in [0.05, 0.1) is 20.3 Å². The first kappa shape index (κ1) is 17.8. The third-order valence-corrected chi connectivity index (χ3v) is 4.58. The Labute approximate surface area is 150 Å². The summed E-state index contributed by atoms with van der Waals surface area (Å²) in [5.74, 6) is 1.16. The number of benzene rings is 1. The largest absolute Gasteiger partial charge is 0.497 e. The fraction of sp³-hybridized carbons (Fsp3) is 0.389. The molecule has 0 radical (unpaired) electrons. The lowest BCUT2D eigenvalue weighted by Gasteiger charge is -2.26. The highest BCUT2D eigenvalue weighted by Crippen LogP contribution is 2.38. The molecule has 1 aliphatic rings. The monoisotopic (exact) mass is 359 g/mol. The molecule has 26 heavy (non-hydrogen) atoms. The summed E-state index contributed by atoms with van der Waals surface area (Å²) < 4.78 is 11.9. The van der Waals surface area contributed by atoms with Crippen LogP contribution in [0.15, 0.2) is 40.1 Å². The predicted molar refractivity (Wildman–Crippen MR) is 94.6 cm³/mol. The molecular formula is C18H21N3O5. The van der Waals surface area contributed by atoms with Crippen LogP contribution < -0.4 is 20.7 Å². The van der Waals surface area contributed by atoms with Gasteiger partial charge in [0.15, 0.2) is 0 Å². The number of hydrogen-bond acceptors (Lipinski definition) is 5. The van der Waals surface area contributed by atoms with Crippen LogP contribution in [0, 0.1) is 0 Å². The van der Waals surface area contributed by atoms with E-state index in [1.54, 1.807) is 25.2 Å². The summed E-state index contributed by atoms with van der Waals surface area (Å²) in [6, 6.07) is 6.64. The van der Waals surface area contributed by atoms with Crippen molar-refractivity contribution in [2.24, 2.45) is 0 Å². The average Bonchev–Trinajstić information content (AvgIpc) is 3.13. The zero-order valence-corrected chi connectivity index (χ0v) is 14.7. The molecule has 0 unspecified atom stereocenters. The SMILES string of the molecule is COc1ccc([C@@H]2CCCN2C(=O)Cn2ccc(=O)[nH]c2=O)c(OC)c1. The number of ether oxygens (including phenoxy) is 2. The van der Waals surface area contributed by atoms with Crippen LogP contribution in [0.25, 0.3) is 0 Å². The molecule has 2 heterocycles. The van der Waals surface area contributed by atoms with E-state index in [-0.39, 0.29) is 18.5 Å². The fourth-order valence-corrected chi connectivity index (χ4v) is 3.29. The summed E-state index contributed by atoms with van der Waals surface area (Å²) in [5, 5.41) is 0. The second-order valence-corrected chi connectivity index (χ2v) is 6.09. The van der Waals surface area contributed by atoms with Crippen molar-refractivity contribution in [1.82, 2.24) is 14.5 Å². The second-order valence-electron chi connectivity index (χ2n) is 6.09. The van der Waals surface area contributed by atoms with E-state index in [0.717, 1.165) is 18.4 Å². The molecule has 1 N–H and O–H groups in total. The van der Waals surface area contributed by atoms with Gasteiger partial charge in [-0.1, -0.05) is 0 Å². The van der Waals surface area contributed by atoms with Gasteiger partial charge >= 0.3 is 5.69 Å². The maximum atomic E-state index is 12.8. The summed E-state index contributed by atoms with van der Waals surface area (Å²) in [6.07, 6.45) is 3.01. The smallest absolute Gasteiger partial charge is 0.328 e. The van der Waals surface area contributed by atoms with Crippen molar-refractivity contribution < 1.29 is 14.3 Å². The molecule has 1 amide bonds. The Kier molecular flexibility index (Phi) is 5.11. The topological polar surface area (TPSA) is 93.6 Å². The first-order chi connectivity index (χ1) is 12.5. The third-order valence-electron chi connectivity index (χ3n) is 4.58. The molecule has 1 saturated heterocycles. The van der Waals surface area contributed by atoms with E-state index >= 15 is 0 Å². The van der Waals surface area contributed by atoms with Gasteiger partial charge in [0.2, 0.25) is 5.91 Å². The van der Waals surface area contributed by atoms with Crippen LogP contribution in [0.3, 0.4) is 0 Å². The number of aromatic amines is 1. The van der Waals surface area contributed by atoms with E-state index < -0.39 is 11.2 Å². The van der Waals surface area contributed by atoms with Gasteiger partial charge in [-0.05, 0) is 25.0 Å². The van der Waals surface area contributed by atoms with Gasteiger partial charge in [-0.15, -0.1) is 0 Å². The van der Waals surface area contributed by atoms with Crippen LogP contribution in [-0.2, 0) is 11.3 Å². The summed E-state index contributed by atoms with van der Waals surface area (Å²) in [7, 11) is 3.17. The first-order valence-electron chi connectivity index (χ1n) is 8.34. The molecule has 0 bridgehead atoms. The predicted octanol–water partition coefficient (Wildman–Crippen LogP) is 0.917. The highest BCUT2D eigenvalue weighted by atomic mass is 16.5. The molecule has 8 heteroatoms. The third kappa shape index (κ3) is 3.49. The summed E-state index contributed by atoms with van der Waals surface area (Å²) >= 11 is 0. The van der Waals surface area contributed by atoms with Crippen LogP contribution >= 0.6 is 0 Å². The molecule has 0 spiro atoms. The van der Waals surface area contributed by atoms with Crippen molar-refractivity contribution in [3.05, 3.63) is 56.9 Å². The van der Waals surface area contributed by atoms with Gasteiger partial charge in [-0.3, -0.25) is 19.1 Å². The molecular weight excluding hydrogens is 338 g/mol. The zero-order chi connectivity index (χ0) is 18.7. The lowest BCUT2D eigenvalue weighted by Crippen LogP contribution is -2.38. The summed E-state index contributed by atoms with van der Waals surface area (Å²) in [6.45, 7) is 0.487. The number of carbonyl (C=O) groups excluding carboxylic acids is 1. The van der Waals surface area contributed by atoms with Crippen LogP contribution in [-0.4, -0.2) is 41.1 Å². The fourth-order valence-electron chi connectivity index (χ4n) is 3.29. The average molecular weight is 359 g/mol. The van der Waals surface area contributed by atoms with Crippen molar-refractivity contribution in [1.29, 1.82) is 0 Å². The standard InChI is InChI=1S/C18H21N3O5/c1-25-12-5-6-13(15(10-12)26-2)14-4-3-8-21(14)17(23)11-20-9-7-16(22)19-18(20)24/h5-7,9-10,14H,3-4,8,11H2,1-2H3,(H,19,22,24)/t14-/m0/s1. The molecule has 3 rings (SSSR count). The number of methoxy groups -OCH3 is 2. The minimum absolute atomic E-state index is 0.120. The normalized spacial score (nSPS) is 16.5. The first-order valence-corrected chi connectivity index (χ1v) is 8.34. The Hall–Kier alpha value is -3.03. The van der Waals surface area contributed by atoms with Gasteiger partial charge in [-0.25, -0.2) is 4.79 Å². The van der Waals surface area contributed by atoms with Crippen molar-refractivity contribution in [3.63, 3.8) is 0 Å². The molecule has 138 valence electrons. The van der Waals surface area contributed by atoms with Gasteiger partial charge in [-0.2, -0.15) is 0 Å². The van der Waals surface area contributed by atoms with Crippen LogP contribution in [0.5, 0.6) is 11.5 Å². The van der Waals surface area contributed by atoms with Crippen LogP contribution in [0.2, 0.25) is 0 Å². The maximum absolute atomic E-state index is 12.8. The highest BCUT2D eigenvalue weighted by Gasteiger charge is 2.32. The number of carbonyl (C=O) groups is 1. The zero-order valence-electron chi connectivity index (χ0n) is 14.7. The van der Waals surface area contributed by atoms with Gasteiger partial charge in [0.25, 0.3) is 5.56 Å². The molecule has 0 saturated carbocycles. The highest BCUT2D eigenvalue weighted by molar-refractivity contribution is 5.77. The summed E-state index contributed by atoms with van der Waals surface area (Å²) in [4.78, 5) is 39.6. The van der Waals surface area contributed by atoms with Gasteiger partial charge in [0.1, 0.15) is 18.0 Å². The van der Waals surface area contributed by atoms with Crippen molar-refractivity contribution in [3.8, 4) is 11.5 Å². The van der Waals surface area contributed by atoms with Gasteiger partial charge in [0, 0.05) is 30.4 Å². The summed E-state index contributed by atoms with van der Waals surface area (Å²) in [5.41, 5.74) is -0.169. The number of nitrogens with one attached hydrogen (secondary N) is 1. The van der Waals surface area contributed by atoms with Crippen LogP contribution in [0.1, 0.15) is 24.4 Å².